The van der Waals surface area contributed by atoms with Crippen LogP contribution in [0.4, 0.5) is 27.8 Å². The number of nitrogens with zero attached hydrogens (tertiary/aromatic N) is 4. The van der Waals surface area contributed by atoms with Crippen molar-refractivity contribution in [3.8, 4) is 17.1 Å². The predicted molar refractivity (Wildman–Crippen MR) is 123 cm³/mol. The van der Waals surface area contributed by atoms with Crippen molar-refractivity contribution in [2.75, 3.05) is 31.2 Å². The quantitative estimate of drug-likeness (QED) is 0.427. The van der Waals surface area contributed by atoms with E-state index in [0.29, 0.717) is 49.8 Å². The van der Waals surface area contributed by atoms with Gasteiger partial charge in [-0.15, -0.1) is 5.10 Å². The van der Waals surface area contributed by atoms with E-state index in [-0.39, 0.29) is 24.4 Å². The minimum atomic E-state index is -4.44. The Labute approximate surface area is 209 Å². The summed E-state index contributed by atoms with van der Waals surface area (Å²) in [5.41, 5.74) is -0.0406. The van der Waals surface area contributed by atoms with Crippen molar-refractivity contribution in [2.24, 2.45) is 5.92 Å². The highest BCUT2D eigenvalue weighted by Gasteiger charge is 2.33. The Morgan fingerprint density at radius 3 is 2.41 bits per heavy atom. The van der Waals surface area contributed by atoms with Gasteiger partial charge in [-0.25, -0.2) is 13.8 Å². The van der Waals surface area contributed by atoms with Crippen LogP contribution in [0.15, 0.2) is 42.6 Å². The smallest absolute Gasteiger partial charge is 0.417 e. The van der Waals surface area contributed by atoms with E-state index >= 15 is 0 Å². The number of halogens is 5. The molecule has 2 fully saturated rings. The highest BCUT2D eigenvalue weighted by atomic mass is 19.4. The molecule has 2 aliphatic rings. The third kappa shape index (κ3) is 5.85. The maximum Gasteiger partial charge on any atom is 0.417 e. The van der Waals surface area contributed by atoms with Crippen molar-refractivity contribution in [3.63, 3.8) is 0 Å². The molecule has 2 saturated heterocycles. The zero-order chi connectivity index (χ0) is 26.2. The SMILES string of the molecule is CC1CN(c2ccc(C(F)(F)F)cn2)CCC1Oc1cc(-c2cc(F)cc(F)c2)n(CC2OCCO2)n1. The summed E-state index contributed by atoms with van der Waals surface area (Å²) in [7, 11) is 0. The largest absolute Gasteiger partial charge is 0.473 e. The number of hydrogen-bond acceptors (Lipinski definition) is 6. The fourth-order valence-electron chi connectivity index (χ4n) is 4.58. The molecule has 0 saturated carbocycles. The molecule has 0 amide bonds. The lowest BCUT2D eigenvalue weighted by atomic mass is 9.96. The number of piperidine rings is 1. The number of benzene rings is 1. The summed E-state index contributed by atoms with van der Waals surface area (Å²) in [4.78, 5) is 5.90. The lowest BCUT2D eigenvalue weighted by Crippen LogP contribution is -2.44. The molecule has 1 aromatic carbocycles. The Morgan fingerprint density at radius 1 is 1.05 bits per heavy atom. The molecule has 2 unspecified atom stereocenters. The maximum atomic E-state index is 13.9. The summed E-state index contributed by atoms with van der Waals surface area (Å²) in [5, 5.41) is 4.50. The predicted octanol–water partition coefficient (Wildman–Crippen LogP) is 4.91. The van der Waals surface area contributed by atoms with Crippen molar-refractivity contribution in [1.29, 1.82) is 0 Å². The monoisotopic (exact) mass is 524 g/mol. The van der Waals surface area contributed by atoms with Crippen LogP contribution in [0.2, 0.25) is 0 Å². The second-order valence-electron chi connectivity index (χ2n) is 9.15. The van der Waals surface area contributed by atoms with Crippen LogP contribution in [0.1, 0.15) is 18.9 Å². The molecule has 5 rings (SSSR count). The van der Waals surface area contributed by atoms with E-state index in [9.17, 15) is 22.0 Å². The summed E-state index contributed by atoms with van der Waals surface area (Å²) >= 11 is 0. The van der Waals surface area contributed by atoms with Gasteiger partial charge in [0.15, 0.2) is 6.29 Å². The number of alkyl halides is 3. The molecule has 2 aromatic heterocycles. The number of rotatable bonds is 6. The van der Waals surface area contributed by atoms with E-state index in [2.05, 4.69) is 10.1 Å². The maximum absolute atomic E-state index is 13.9. The standard InChI is InChI=1S/C25H25F5N4O3/c1-15-13-33(22-3-2-17(12-31-22)25(28,29)30)5-4-21(15)37-23-11-20(16-8-18(26)10-19(27)9-16)34(32-23)14-24-35-6-7-36-24/h2-3,8-12,15,21,24H,4-7,13-14H2,1H3. The molecule has 7 nitrogen and oxygen atoms in total. The minimum absolute atomic E-state index is 0.000412. The molecule has 0 radical (unpaired) electrons. The van der Waals surface area contributed by atoms with Gasteiger partial charge in [0.05, 0.1) is 31.0 Å². The van der Waals surface area contributed by atoms with Crippen molar-refractivity contribution >= 4 is 5.82 Å². The van der Waals surface area contributed by atoms with Crippen molar-refractivity contribution in [2.45, 2.75) is 38.5 Å². The van der Waals surface area contributed by atoms with Crippen LogP contribution < -0.4 is 9.64 Å². The molecule has 198 valence electrons. The summed E-state index contributed by atoms with van der Waals surface area (Å²) in [6.45, 7) is 4.13. The Morgan fingerprint density at radius 2 is 1.78 bits per heavy atom. The molecular formula is C25H25F5N4O3. The first kappa shape index (κ1) is 25.4. The highest BCUT2D eigenvalue weighted by Crippen LogP contribution is 2.32. The summed E-state index contributed by atoms with van der Waals surface area (Å²) in [6.07, 6.45) is -3.79. The number of aromatic nitrogens is 3. The van der Waals surface area contributed by atoms with Gasteiger partial charge in [0.25, 0.3) is 0 Å². The Bertz CT molecular complexity index is 1210. The summed E-state index contributed by atoms with van der Waals surface area (Å²) in [6, 6.07) is 7.25. The number of pyridine rings is 1. The molecule has 37 heavy (non-hydrogen) atoms. The van der Waals surface area contributed by atoms with Gasteiger partial charge in [-0.2, -0.15) is 13.2 Å². The van der Waals surface area contributed by atoms with Crippen molar-refractivity contribution in [3.05, 3.63) is 59.8 Å². The van der Waals surface area contributed by atoms with E-state index in [0.717, 1.165) is 18.3 Å². The molecule has 0 bridgehead atoms. The lowest BCUT2D eigenvalue weighted by molar-refractivity contribution is -0.137. The molecule has 3 aromatic rings. The first-order valence-corrected chi connectivity index (χ1v) is 11.9. The van der Waals surface area contributed by atoms with E-state index in [1.807, 2.05) is 11.8 Å². The van der Waals surface area contributed by atoms with E-state index < -0.39 is 29.7 Å². The number of hydrogen-bond donors (Lipinski definition) is 0. The normalized spacial score (nSPS) is 21.0. The average Bonchev–Trinajstić information content (AvgIpc) is 3.49. The van der Waals surface area contributed by atoms with Gasteiger partial charge in [0.2, 0.25) is 5.88 Å². The van der Waals surface area contributed by atoms with Crippen LogP contribution in [0, 0.1) is 17.6 Å². The van der Waals surface area contributed by atoms with Gasteiger partial charge in [-0.3, -0.25) is 4.68 Å². The van der Waals surface area contributed by atoms with Crippen LogP contribution in [-0.4, -0.2) is 53.5 Å². The first-order chi connectivity index (χ1) is 17.7. The number of anilines is 1. The zero-order valence-electron chi connectivity index (χ0n) is 19.9. The van der Waals surface area contributed by atoms with Crippen LogP contribution in [-0.2, 0) is 22.2 Å². The summed E-state index contributed by atoms with van der Waals surface area (Å²) < 4.78 is 85.1. The molecule has 2 aliphatic heterocycles. The second kappa shape index (κ2) is 10.3. The lowest BCUT2D eigenvalue weighted by Gasteiger charge is -2.37. The van der Waals surface area contributed by atoms with Crippen LogP contribution in [0.25, 0.3) is 11.3 Å². The van der Waals surface area contributed by atoms with Gasteiger partial charge >= 0.3 is 6.18 Å². The zero-order valence-corrected chi connectivity index (χ0v) is 19.9. The fourth-order valence-corrected chi connectivity index (χ4v) is 4.58. The molecule has 0 N–H and O–H groups in total. The van der Waals surface area contributed by atoms with Gasteiger partial charge in [0, 0.05) is 49.3 Å². The Balaban J connectivity index is 1.31. The topological polar surface area (TPSA) is 61.6 Å². The molecule has 4 heterocycles. The van der Waals surface area contributed by atoms with Gasteiger partial charge in [-0.05, 0) is 24.3 Å². The molecule has 0 spiro atoms. The molecular weight excluding hydrogens is 499 g/mol. The fraction of sp³-hybridized carbons (Fsp3) is 0.440. The molecule has 0 aliphatic carbocycles. The van der Waals surface area contributed by atoms with Crippen LogP contribution in [0.3, 0.4) is 0 Å². The third-order valence-electron chi connectivity index (χ3n) is 6.43. The molecule has 12 heteroatoms. The van der Waals surface area contributed by atoms with Gasteiger partial charge in [0.1, 0.15) is 23.6 Å². The van der Waals surface area contributed by atoms with Crippen molar-refractivity contribution in [1.82, 2.24) is 14.8 Å². The van der Waals surface area contributed by atoms with E-state index in [1.54, 1.807) is 10.7 Å². The third-order valence-corrected chi connectivity index (χ3v) is 6.43. The van der Waals surface area contributed by atoms with Crippen LogP contribution in [0.5, 0.6) is 5.88 Å². The second-order valence-corrected chi connectivity index (χ2v) is 9.15. The van der Waals surface area contributed by atoms with E-state index in [1.165, 1.54) is 18.2 Å². The minimum Gasteiger partial charge on any atom is -0.473 e. The first-order valence-electron chi connectivity index (χ1n) is 11.9. The number of ether oxygens (including phenoxy) is 3. The van der Waals surface area contributed by atoms with Gasteiger partial charge in [-0.1, -0.05) is 6.92 Å². The van der Waals surface area contributed by atoms with Gasteiger partial charge < -0.3 is 19.1 Å². The van der Waals surface area contributed by atoms with E-state index in [4.69, 9.17) is 14.2 Å². The van der Waals surface area contributed by atoms with Crippen molar-refractivity contribution < 1.29 is 36.2 Å². The Hall–Kier alpha value is -3.25. The van der Waals surface area contributed by atoms with Crippen LogP contribution >= 0.6 is 0 Å². The summed E-state index contributed by atoms with van der Waals surface area (Å²) in [5.74, 6) is -0.669. The molecule has 2 atom stereocenters. The Kier molecular flexibility index (Phi) is 7.04. The average molecular weight is 524 g/mol. The highest BCUT2D eigenvalue weighted by molar-refractivity contribution is 5.61.